The van der Waals surface area contributed by atoms with Crippen molar-refractivity contribution >= 4 is 0 Å². The van der Waals surface area contributed by atoms with Gasteiger partial charge in [0.25, 0.3) is 0 Å². The van der Waals surface area contributed by atoms with E-state index < -0.39 is 30.5 Å². The normalized spacial score (nSPS) is 20.2. The lowest BCUT2D eigenvalue weighted by molar-refractivity contribution is -0.275. The van der Waals surface area contributed by atoms with Gasteiger partial charge in [0, 0.05) is 5.56 Å². The molecule has 1 aliphatic heterocycles. The minimum absolute atomic E-state index is 0.282. The van der Waals surface area contributed by atoms with E-state index in [9.17, 15) is 0 Å². The summed E-state index contributed by atoms with van der Waals surface area (Å²) in [5.74, 6) is 1.31. The molecule has 10 rings (SSSR count). The van der Waals surface area contributed by atoms with E-state index in [1.807, 2.05) is 54.6 Å². The smallest absolute Gasteiger partial charge is 0.126 e. The summed E-state index contributed by atoms with van der Waals surface area (Å²) < 4.78 is 42.5. The Hall–Kier alpha value is -5.86. The second-order valence-electron chi connectivity index (χ2n) is 17.8. The van der Waals surface area contributed by atoms with Gasteiger partial charge in [-0.1, -0.05) is 170 Å². The van der Waals surface area contributed by atoms with Crippen molar-refractivity contribution in [1.82, 2.24) is 0 Å². The molecule has 3 aliphatic rings. The van der Waals surface area contributed by atoms with Gasteiger partial charge in [0.2, 0.25) is 0 Å². The highest BCUT2D eigenvalue weighted by Gasteiger charge is 2.50. The van der Waals surface area contributed by atoms with Crippen LogP contribution in [0.3, 0.4) is 0 Å². The Bertz CT molecular complexity index is 2560. The molecular formula is C59H58O6. The molecular weight excluding hydrogens is 805 g/mol. The molecule has 7 aromatic carbocycles. The van der Waals surface area contributed by atoms with Gasteiger partial charge in [0.05, 0.1) is 33.0 Å². The molecule has 0 N–H and O–H groups in total. The Morgan fingerprint density at radius 1 is 0.431 bits per heavy atom. The zero-order valence-electron chi connectivity index (χ0n) is 37.0. The van der Waals surface area contributed by atoms with E-state index in [4.69, 9.17) is 28.4 Å². The van der Waals surface area contributed by atoms with E-state index in [1.54, 1.807) is 0 Å². The summed E-state index contributed by atoms with van der Waals surface area (Å²) in [6.45, 7) is 2.24. The van der Waals surface area contributed by atoms with Crippen molar-refractivity contribution in [2.45, 2.75) is 102 Å². The molecule has 6 heteroatoms. The van der Waals surface area contributed by atoms with Crippen LogP contribution in [0, 0.1) is 0 Å². The first-order valence-electron chi connectivity index (χ1n) is 23.4. The second-order valence-corrected chi connectivity index (χ2v) is 17.8. The first kappa shape index (κ1) is 43.1. The molecule has 65 heavy (non-hydrogen) atoms. The van der Waals surface area contributed by atoms with Gasteiger partial charge < -0.3 is 28.4 Å². The van der Waals surface area contributed by atoms with E-state index in [1.165, 1.54) is 47.1 Å². The third-order valence-corrected chi connectivity index (χ3v) is 13.0. The third-order valence-electron chi connectivity index (χ3n) is 13.0. The Labute approximate surface area is 384 Å². The predicted octanol–water partition coefficient (Wildman–Crippen LogP) is 12.2. The minimum Gasteiger partial charge on any atom is -0.489 e. The van der Waals surface area contributed by atoms with Crippen LogP contribution in [0.5, 0.6) is 5.75 Å². The van der Waals surface area contributed by atoms with Crippen molar-refractivity contribution in [3.63, 3.8) is 0 Å². The monoisotopic (exact) mass is 862 g/mol. The number of hydrogen-bond acceptors (Lipinski definition) is 6. The predicted molar refractivity (Wildman–Crippen MR) is 255 cm³/mol. The summed E-state index contributed by atoms with van der Waals surface area (Å²) in [5.41, 5.74) is 13.3. The van der Waals surface area contributed by atoms with Gasteiger partial charge in [-0.15, -0.1) is 0 Å². The van der Waals surface area contributed by atoms with Crippen molar-refractivity contribution in [2.24, 2.45) is 0 Å². The lowest BCUT2D eigenvalue weighted by Gasteiger charge is -2.46. The summed E-state index contributed by atoms with van der Waals surface area (Å²) in [7, 11) is 0. The molecule has 1 heterocycles. The maximum Gasteiger partial charge on any atom is 0.126 e. The van der Waals surface area contributed by atoms with Crippen LogP contribution < -0.4 is 4.74 Å². The van der Waals surface area contributed by atoms with Crippen molar-refractivity contribution in [3.05, 3.63) is 243 Å². The molecule has 0 amide bonds. The molecule has 1 saturated carbocycles. The number of aryl methyl sites for hydroxylation is 2. The summed E-state index contributed by atoms with van der Waals surface area (Å²) in [6.07, 6.45) is 2.67. The average molecular weight is 863 g/mol. The highest BCUT2D eigenvalue weighted by Crippen LogP contribution is 2.48. The standard InChI is InChI=1S/C59H58O6/c1-6-16-42(17-7-1)36-60-41-55-57(62-38-44-20-10-3-11-21-44)59(64-40-46-24-14-5-15-25-46)58(63-39-45-22-12-4-13-23-45)56(65-55)53-34-51(33-47-26-27-48-28-31-50(48)32-47)52(49-29-30-49)35-54(53)61-37-43-18-8-2-9-19-43/h1-27,32,34-35,49,55-59H,28-31,33,36-41H2/t55-,56+,57-,58+,59+/m1/s1. The third kappa shape index (κ3) is 11.0. The Balaban J connectivity index is 1.08. The zero-order chi connectivity index (χ0) is 43.6. The molecule has 5 atom stereocenters. The van der Waals surface area contributed by atoms with E-state index >= 15 is 0 Å². The summed E-state index contributed by atoms with van der Waals surface area (Å²) in [5, 5.41) is 0. The molecule has 0 radical (unpaired) electrons. The van der Waals surface area contributed by atoms with E-state index in [-0.39, 0.29) is 6.61 Å². The first-order chi connectivity index (χ1) is 32.2. The van der Waals surface area contributed by atoms with Gasteiger partial charge >= 0.3 is 0 Å². The van der Waals surface area contributed by atoms with Crippen molar-refractivity contribution in [1.29, 1.82) is 0 Å². The molecule has 0 bridgehead atoms. The van der Waals surface area contributed by atoms with Gasteiger partial charge in [-0.05, 0) is 106 Å². The van der Waals surface area contributed by atoms with Crippen LogP contribution in [-0.4, -0.2) is 31.0 Å². The molecule has 0 aromatic heterocycles. The fourth-order valence-corrected chi connectivity index (χ4v) is 9.29. The van der Waals surface area contributed by atoms with Crippen LogP contribution in [0.25, 0.3) is 0 Å². The second kappa shape index (κ2) is 21.0. The van der Waals surface area contributed by atoms with Gasteiger partial charge in [-0.2, -0.15) is 0 Å². The number of benzene rings is 7. The van der Waals surface area contributed by atoms with Crippen molar-refractivity contribution < 1.29 is 28.4 Å². The fraction of sp³-hybridized carbons (Fsp3) is 0.288. The maximum atomic E-state index is 7.52. The van der Waals surface area contributed by atoms with Crippen LogP contribution >= 0.6 is 0 Å². The van der Waals surface area contributed by atoms with Crippen LogP contribution in [0.4, 0.5) is 0 Å². The zero-order valence-corrected chi connectivity index (χ0v) is 37.0. The Morgan fingerprint density at radius 3 is 1.46 bits per heavy atom. The van der Waals surface area contributed by atoms with E-state index in [0.717, 1.165) is 52.0 Å². The number of ether oxygens (including phenoxy) is 6. The van der Waals surface area contributed by atoms with E-state index in [0.29, 0.717) is 39.0 Å². The van der Waals surface area contributed by atoms with Gasteiger partial charge in [0.15, 0.2) is 0 Å². The molecule has 7 aromatic rings. The average Bonchev–Trinajstić information content (AvgIpc) is 4.20. The topological polar surface area (TPSA) is 55.4 Å². The summed E-state index contributed by atoms with van der Waals surface area (Å²) in [4.78, 5) is 0. The lowest BCUT2D eigenvalue weighted by atomic mass is 9.84. The SMILES string of the molecule is c1ccc(COC[C@H]2O[C@@H](c3cc(Cc4ccc5c(c4)CC5)c(C4CC4)cc3OCc3ccccc3)[C@H](OCc3ccccc3)[C@@H](OCc3ccccc3)[C@@H]2OCc2ccccc2)cc1. The summed E-state index contributed by atoms with van der Waals surface area (Å²) >= 11 is 0. The Kier molecular flexibility index (Phi) is 13.9. The van der Waals surface area contributed by atoms with Crippen molar-refractivity contribution in [2.75, 3.05) is 6.61 Å². The van der Waals surface area contributed by atoms with Gasteiger partial charge in [-0.3, -0.25) is 0 Å². The first-order valence-corrected chi connectivity index (χ1v) is 23.4. The fourth-order valence-electron chi connectivity index (χ4n) is 9.29. The Morgan fingerprint density at radius 2 is 0.938 bits per heavy atom. The highest BCUT2D eigenvalue weighted by atomic mass is 16.6. The lowest BCUT2D eigenvalue weighted by Crippen LogP contribution is -2.58. The van der Waals surface area contributed by atoms with Crippen LogP contribution in [0.1, 0.15) is 86.1 Å². The van der Waals surface area contributed by atoms with E-state index in [2.05, 4.69) is 127 Å². The van der Waals surface area contributed by atoms with Gasteiger partial charge in [-0.25, -0.2) is 0 Å². The highest BCUT2D eigenvalue weighted by molar-refractivity contribution is 5.50. The number of fused-ring (bicyclic) bond motifs is 1. The van der Waals surface area contributed by atoms with Crippen LogP contribution in [0.2, 0.25) is 0 Å². The summed E-state index contributed by atoms with van der Waals surface area (Å²) in [6, 6.07) is 63.5. The van der Waals surface area contributed by atoms with Crippen molar-refractivity contribution in [3.8, 4) is 5.75 Å². The molecule has 0 spiro atoms. The van der Waals surface area contributed by atoms with Gasteiger partial charge in [0.1, 0.15) is 42.9 Å². The number of hydrogen-bond donors (Lipinski definition) is 0. The number of rotatable bonds is 20. The molecule has 0 unspecified atom stereocenters. The van der Waals surface area contributed by atoms with Crippen LogP contribution in [-0.2, 0) is 76.0 Å². The molecule has 6 nitrogen and oxygen atoms in total. The molecule has 2 fully saturated rings. The molecule has 1 saturated heterocycles. The quantitative estimate of drug-likeness (QED) is 0.0761. The minimum atomic E-state index is -0.601. The molecule has 330 valence electrons. The maximum absolute atomic E-state index is 7.52. The molecule has 2 aliphatic carbocycles. The van der Waals surface area contributed by atoms with Crippen LogP contribution in [0.15, 0.2) is 182 Å². The largest absolute Gasteiger partial charge is 0.489 e.